The molecule has 1 amide bonds. The van der Waals surface area contributed by atoms with Crippen molar-refractivity contribution < 1.29 is 28.5 Å². The maximum Gasteiger partial charge on any atom is 0.239 e. The van der Waals surface area contributed by atoms with Crippen LogP contribution in [0.1, 0.15) is 66.4 Å². The summed E-state index contributed by atoms with van der Waals surface area (Å²) >= 11 is 0. The number of amides is 1. The number of Topliss-reactive ketones (excluding diaryl/α,β-unsaturated/α-hetero) is 1. The number of hydrogen-bond acceptors (Lipinski definition) is 8. The zero-order chi connectivity index (χ0) is 34.7. The molecule has 2 rings (SSSR count). The Morgan fingerprint density at radius 3 is 2.17 bits per heavy atom. The van der Waals surface area contributed by atoms with Crippen molar-refractivity contribution in [3.63, 3.8) is 0 Å². The summed E-state index contributed by atoms with van der Waals surface area (Å²) in [6, 6.07) is 7.50. The van der Waals surface area contributed by atoms with Gasteiger partial charge in [0, 0.05) is 39.2 Å². The Morgan fingerprint density at radius 2 is 1.63 bits per heavy atom. The predicted molar refractivity (Wildman–Crippen MR) is 189 cm³/mol. The molecule has 1 saturated heterocycles. The fraction of sp³-hybridized carbons (Fsp3) is 0.568. The average Bonchev–Trinajstić information content (AvgIpc) is 3.07. The van der Waals surface area contributed by atoms with Crippen molar-refractivity contribution >= 4 is 11.7 Å². The van der Waals surface area contributed by atoms with Crippen LogP contribution in [-0.2, 0) is 30.2 Å². The van der Waals surface area contributed by atoms with Crippen molar-refractivity contribution in [2.45, 2.75) is 67.2 Å². The Hall–Kier alpha value is -3.40. The van der Waals surface area contributed by atoms with Crippen LogP contribution in [0.4, 0.5) is 0 Å². The minimum atomic E-state index is -0.270. The Kier molecular flexibility index (Phi) is 24.8. The van der Waals surface area contributed by atoms with Gasteiger partial charge in [-0.15, -0.1) is 0 Å². The lowest BCUT2D eigenvalue weighted by atomic mass is 9.96. The molecule has 0 unspecified atom stereocenters. The van der Waals surface area contributed by atoms with Crippen LogP contribution in [0.3, 0.4) is 0 Å². The molecule has 260 valence electrons. The highest BCUT2D eigenvalue weighted by atomic mass is 16.5. The molecular weight excluding hydrogens is 582 g/mol. The Labute approximate surface area is 279 Å². The fourth-order valence-electron chi connectivity index (χ4n) is 4.30. The van der Waals surface area contributed by atoms with E-state index in [0.717, 1.165) is 49.4 Å². The molecular formula is C37H61N3O6. The Morgan fingerprint density at radius 1 is 1.00 bits per heavy atom. The van der Waals surface area contributed by atoms with E-state index in [1.54, 1.807) is 13.2 Å². The van der Waals surface area contributed by atoms with Crippen LogP contribution >= 0.6 is 0 Å². The molecule has 0 atom stereocenters. The number of hydrogen-bond donors (Lipinski definition) is 2. The molecule has 0 aromatic heterocycles. The van der Waals surface area contributed by atoms with E-state index in [1.807, 2.05) is 45.0 Å². The number of methoxy groups -OCH3 is 2. The largest absolute Gasteiger partial charge is 0.497 e. The molecule has 0 radical (unpaired) electrons. The van der Waals surface area contributed by atoms with Gasteiger partial charge < -0.3 is 29.6 Å². The van der Waals surface area contributed by atoms with Crippen LogP contribution in [0, 0.1) is 0 Å². The third-order valence-corrected chi connectivity index (χ3v) is 6.58. The topological polar surface area (TPSA) is 98.4 Å². The first-order valence-corrected chi connectivity index (χ1v) is 16.6. The highest BCUT2D eigenvalue weighted by Crippen LogP contribution is 2.22. The molecule has 0 bridgehead atoms. The minimum Gasteiger partial charge on any atom is -0.497 e. The number of allylic oxidation sites excluding steroid dienone is 3. The summed E-state index contributed by atoms with van der Waals surface area (Å²) in [5.74, 6) is 0.678. The van der Waals surface area contributed by atoms with Gasteiger partial charge in [0.2, 0.25) is 5.91 Å². The van der Waals surface area contributed by atoms with E-state index in [2.05, 4.69) is 49.5 Å². The fourth-order valence-corrected chi connectivity index (χ4v) is 4.30. The molecule has 1 fully saturated rings. The number of rotatable bonds is 19. The summed E-state index contributed by atoms with van der Waals surface area (Å²) in [6.07, 6.45) is 5.07. The Bertz CT molecular complexity index is 1090. The van der Waals surface area contributed by atoms with Gasteiger partial charge in [0.05, 0.1) is 51.9 Å². The maximum atomic E-state index is 13.8. The van der Waals surface area contributed by atoms with Crippen LogP contribution in [0.5, 0.6) is 5.75 Å². The standard InChI is InChI=1S/C32H47N3O6.C3H8.C2H6/c1-7-9-24(3)20-29(39-6)31(34-22-30(36)33-14-15-35-16-18-41-19-17-35)28(23-40-8-2)32(37)25(4)21-26-10-12-27(38-5)13-11-26;1-3-2;1-2/h10-13,20,34H,3-4,7-9,14-19,21-23H2,1-2,5-6H3,(H,33,36);3H2,1-2H3;1-2H3/b29-20+,31-28-;;. The quantitative estimate of drug-likeness (QED) is 0.107. The maximum absolute atomic E-state index is 13.8. The minimum absolute atomic E-state index is 0.0267. The number of carbonyl (C=O) groups is 2. The first-order valence-electron chi connectivity index (χ1n) is 16.6. The molecule has 0 aliphatic carbocycles. The van der Waals surface area contributed by atoms with Gasteiger partial charge in [-0.1, -0.05) is 78.3 Å². The first kappa shape index (κ1) is 42.6. The number of nitrogens with one attached hydrogen (secondary N) is 2. The lowest BCUT2D eigenvalue weighted by molar-refractivity contribution is -0.120. The van der Waals surface area contributed by atoms with Crippen molar-refractivity contribution in [2.24, 2.45) is 0 Å². The van der Waals surface area contributed by atoms with Gasteiger partial charge in [-0.3, -0.25) is 14.5 Å². The average molecular weight is 644 g/mol. The van der Waals surface area contributed by atoms with E-state index in [0.29, 0.717) is 55.4 Å². The number of nitrogens with zero attached hydrogens (tertiary/aromatic N) is 1. The zero-order valence-corrected chi connectivity index (χ0v) is 29.9. The predicted octanol–water partition coefficient (Wildman–Crippen LogP) is 6.02. The first-order chi connectivity index (χ1) is 22.2. The van der Waals surface area contributed by atoms with Gasteiger partial charge in [0.25, 0.3) is 0 Å². The summed E-state index contributed by atoms with van der Waals surface area (Å²) in [5, 5.41) is 6.12. The van der Waals surface area contributed by atoms with Crippen molar-refractivity contribution in [2.75, 3.05) is 73.4 Å². The van der Waals surface area contributed by atoms with Crippen LogP contribution in [-0.4, -0.2) is 90.0 Å². The molecule has 1 aromatic carbocycles. The highest BCUT2D eigenvalue weighted by Gasteiger charge is 2.23. The molecule has 0 spiro atoms. The highest BCUT2D eigenvalue weighted by molar-refractivity contribution is 6.09. The van der Waals surface area contributed by atoms with Crippen LogP contribution in [0.2, 0.25) is 0 Å². The number of benzene rings is 1. The second kappa shape index (κ2) is 26.8. The van der Waals surface area contributed by atoms with Crippen LogP contribution in [0.25, 0.3) is 0 Å². The molecule has 46 heavy (non-hydrogen) atoms. The van der Waals surface area contributed by atoms with Crippen molar-refractivity contribution in [3.05, 3.63) is 77.2 Å². The summed E-state index contributed by atoms with van der Waals surface area (Å²) in [5.41, 5.74) is 2.89. The molecule has 2 N–H and O–H groups in total. The van der Waals surface area contributed by atoms with Crippen molar-refractivity contribution in [3.8, 4) is 5.75 Å². The molecule has 0 saturated carbocycles. The van der Waals surface area contributed by atoms with E-state index < -0.39 is 0 Å². The molecule has 1 aromatic rings. The van der Waals surface area contributed by atoms with E-state index in [1.165, 1.54) is 13.5 Å². The Balaban J connectivity index is 0.00000381. The van der Waals surface area contributed by atoms with Gasteiger partial charge >= 0.3 is 0 Å². The number of ether oxygens (including phenoxy) is 4. The lowest BCUT2D eigenvalue weighted by Gasteiger charge is -2.26. The molecule has 1 aliphatic heterocycles. The van der Waals surface area contributed by atoms with E-state index in [4.69, 9.17) is 18.9 Å². The SMILES string of the molecule is C=C(/C=C(OC)\C(NCC(=O)NCCN1CCOCC1)=C(/COCC)C(=O)C(=C)Cc1ccc(OC)cc1)CCC.CC.CCC. The van der Waals surface area contributed by atoms with Crippen LogP contribution < -0.4 is 15.4 Å². The van der Waals surface area contributed by atoms with Crippen LogP contribution in [0.15, 0.2) is 71.7 Å². The molecule has 1 aliphatic rings. The van der Waals surface area contributed by atoms with Gasteiger partial charge in [-0.25, -0.2) is 0 Å². The second-order valence-corrected chi connectivity index (χ2v) is 10.4. The molecule has 9 nitrogen and oxygen atoms in total. The number of ketones is 1. The smallest absolute Gasteiger partial charge is 0.239 e. The van der Waals surface area contributed by atoms with Gasteiger partial charge in [-0.05, 0) is 42.7 Å². The van der Waals surface area contributed by atoms with E-state index in [-0.39, 0.29) is 24.8 Å². The summed E-state index contributed by atoms with van der Waals surface area (Å²) in [4.78, 5) is 28.9. The van der Waals surface area contributed by atoms with Gasteiger partial charge in [0.1, 0.15) is 11.5 Å². The third kappa shape index (κ3) is 17.3. The normalized spacial score (nSPS) is 13.5. The van der Waals surface area contributed by atoms with Gasteiger partial charge in [0.15, 0.2) is 5.78 Å². The summed E-state index contributed by atoms with van der Waals surface area (Å²) < 4.78 is 22.1. The van der Waals surface area contributed by atoms with E-state index >= 15 is 0 Å². The van der Waals surface area contributed by atoms with Crippen molar-refractivity contribution in [1.29, 1.82) is 0 Å². The van der Waals surface area contributed by atoms with Gasteiger partial charge in [-0.2, -0.15) is 0 Å². The summed E-state index contributed by atoms with van der Waals surface area (Å²) in [6.45, 7) is 25.2. The molecule has 9 heteroatoms. The lowest BCUT2D eigenvalue weighted by Crippen LogP contribution is -2.43. The summed E-state index contributed by atoms with van der Waals surface area (Å²) in [7, 11) is 3.14. The third-order valence-electron chi connectivity index (χ3n) is 6.58. The van der Waals surface area contributed by atoms with E-state index in [9.17, 15) is 9.59 Å². The second-order valence-electron chi connectivity index (χ2n) is 10.4. The number of morpholine rings is 1. The number of carbonyl (C=O) groups excluding carboxylic acids is 2. The zero-order valence-electron chi connectivity index (χ0n) is 29.9. The monoisotopic (exact) mass is 643 g/mol. The molecule has 1 heterocycles. The van der Waals surface area contributed by atoms with Crippen molar-refractivity contribution in [1.82, 2.24) is 15.5 Å².